The monoisotopic (exact) mass is 410 g/mol. The standard InChI is InChI=1S/C15H42N2O3Si4/c1-21(2,3)19-23(7,8)15-18-24(9,20-22(4,5)6)14-10-12-17-13-11-16/h17H,10-16H2,1-9H3. The first-order valence-corrected chi connectivity index (χ1v) is 21.6. The Morgan fingerprint density at radius 3 is 1.79 bits per heavy atom. The van der Waals surface area contributed by atoms with E-state index in [1.807, 2.05) is 0 Å². The van der Waals surface area contributed by atoms with Gasteiger partial charge in [0.1, 0.15) is 0 Å². The van der Waals surface area contributed by atoms with E-state index < -0.39 is 33.5 Å². The first-order valence-electron chi connectivity index (χ1n) is 9.13. The Kier molecular flexibility index (Phi) is 10.4. The van der Waals surface area contributed by atoms with Crippen LogP contribution in [0.25, 0.3) is 0 Å². The van der Waals surface area contributed by atoms with Gasteiger partial charge >= 0.3 is 8.56 Å². The lowest BCUT2D eigenvalue weighted by Crippen LogP contribution is -2.53. The van der Waals surface area contributed by atoms with Crippen LogP contribution in [0.4, 0.5) is 0 Å². The summed E-state index contributed by atoms with van der Waals surface area (Å²) in [4.78, 5) is 0. The van der Waals surface area contributed by atoms with Crippen molar-refractivity contribution < 1.29 is 12.7 Å². The number of nitrogens with one attached hydrogen (secondary N) is 1. The summed E-state index contributed by atoms with van der Waals surface area (Å²) in [6.45, 7) is 22.8. The third kappa shape index (κ3) is 13.9. The molecule has 9 heteroatoms. The van der Waals surface area contributed by atoms with E-state index in [1.54, 1.807) is 0 Å². The molecule has 0 amide bonds. The van der Waals surface area contributed by atoms with Crippen LogP contribution in [-0.2, 0) is 12.7 Å². The molecular formula is C15H42N2O3Si4. The highest BCUT2D eigenvalue weighted by molar-refractivity contribution is 6.85. The van der Waals surface area contributed by atoms with Crippen molar-refractivity contribution in [3.8, 4) is 0 Å². The van der Waals surface area contributed by atoms with Crippen molar-refractivity contribution in [3.63, 3.8) is 0 Å². The molecule has 0 heterocycles. The van der Waals surface area contributed by atoms with E-state index in [0.717, 1.165) is 31.8 Å². The lowest BCUT2D eigenvalue weighted by molar-refractivity contribution is 0.266. The van der Waals surface area contributed by atoms with Crippen molar-refractivity contribution in [2.75, 3.05) is 25.9 Å². The minimum Gasteiger partial charge on any atom is -0.454 e. The van der Waals surface area contributed by atoms with E-state index in [0.29, 0.717) is 6.54 Å². The maximum atomic E-state index is 6.54. The summed E-state index contributed by atoms with van der Waals surface area (Å²) in [5, 5.41) is 3.36. The molecule has 0 aromatic heterocycles. The minimum absolute atomic E-state index is 0.685. The van der Waals surface area contributed by atoms with Gasteiger partial charge in [-0.2, -0.15) is 0 Å². The van der Waals surface area contributed by atoms with Crippen LogP contribution in [-0.4, -0.2) is 59.4 Å². The van der Waals surface area contributed by atoms with Gasteiger partial charge in [-0.15, -0.1) is 0 Å². The predicted molar refractivity (Wildman–Crippen MR) is 115 cm³/mol. The van der Waals surface area contributed by atoms with Gasteiger partial charge in [0.25, 0.3) is 0 Å². The third-order valence-corrected chi connectivity index (χ3v) is 15.1. The molecule has 0 saturated carbocycles. The summed E-state index contributed by atoms with van der Waals surface area (Å²) in [6.07, 6.45) is 1.81. The molecule has 5 nitrogen and oxygen atoms in total. The molecule has 0 aliphatic heterocycles. The summed E-state index contributed by atoms with van der Waals surface area (Å²) in [5.41, 5.74) is 5.52. The van der Waals surface area contributed by atoms with E-state index in [1.165, 1.54) is 0 Å². The highest BCUT2D eigenvalue weighted by atomic mass is 28.4. The molecule has 0 saturated heterocycles. The average molecular weight is 411 g/mol. The zero-order valence-electron chi connectivity index (χ0n) is 17.5. The molecule has 0 aliphatic carbocycles. The van der Waals surface area contributed by atoms with E-state index in [-0.39, 0.29) is 0 Å². The van der Waals surface area contributed by atoms with Crippen LogP contribution in [0.15, 0.2) is 0 Å². The summed E-state index contributed by atoms with van der Waals surface area (Å²) in [5.74, 6) is 0. The summed E-state index contributed by atoms with van der Waals surface area (Å²) >= 11 is 0. The van der Waals surface area contributed by atoms with Crippen LogP contribution in [0.5, 0.6) is 0 Å². The first kappa shape index (κ1) is 24.7. The summed E-state index contributed by atoms with van der Waals surface area (Å²) in [6, 6.07) is 1.02. The van der Waals surface area contributed by atoms with Gasteiger partial charge < -0.3 is 23.7 Å². The number of hydrogen-bond acceptors (Lipinski definition) is 5. The Balaban J connectivity index is 4.70. The van der Waals surface area contributed by atoms with Crippen LogP contribution in [0.2, 0.25) is 65.0 Å². The van der Waals surface area contributed by atoms with Gasteiger partial charge in [-0.1, -0.05) is 0 Å². The second-order valence-electron chi connectivity index (χ2n) is 9.25. The molecule has 1 atom stereocenters. The lowest BCUT2D eigenvalue weighted by atomic mass is 10.5. The Morgan fingerprint density at radius 1 is 0.792 bits per heavy atom. The van der Waals surface area contributed by atoms with Crippen molar-refractivity contribution in [1.29, 1.82) is 0 Å². The SMILES string of the molecule is C[Si](C)(C)O[Si](C)(C)CO[Si](C)(CCCNCCN)O[Si](C)(C)C. The van der Waals surface area contributed by atoms with Gasteiger partial charge in [-0.25, -0.2) is 0 Å². The Bertz CT molecular complexity index is 360. The Labute approximate surface area is 154 Å². The van der Waals surface area contributed by atoms with Gasteiger partial charge in [0, 0.05) is 13.1 Å². The van der Waals surface area contributed by atoms with Gasteiger partial charge in [-0.05, 0) is 77.9 Å². The van der Waals surface area contributed by atoms with E-state index in [2.05, 4.69) is 64.2 Å². The number of hydrogen-bond donors (Lipinski definition) is 2. The molecule has 0 radical (unpaired) electrons. The van der Waals surface area contributed by atoms with Crippen molar-refractivity contribution in [1.82, 2.24) is 5.32 Å². The van der Waals surface area contributed by atoms with E-state index in [4.69, 9.17) is 18.4 Å². The average Bonchev–Trinajstić information content (AvgIpc) is 2.32. The second kappa shape index (κ2) is 10.1. The highest BCUT2D eigenvalue weighted by Gasteiger charge is 2.39. The quantitative estimate of drug-likeness (QED) is 0.359. The van der Waals surface area contributed by atoms with Crippen molar-refractivity contribution in [3.05, 3.63) is 0 Å². The van der Waals surface area contributed by atoms with Crippen molar-refractivity contribution >= 4 is 33.5 Å². The molecule has 0 rings (SSSR count). The maximum Gasteiger partial charge on any atom is 0.324 e. The topological polar surface area (TPSA) is 65.7 Å². The molecule has 146 valence electrons. The third-order valence-electron chi connectivity index (χ3n) is 3.14. The molecule has 0 aliphatic rings. The second-order valence-corrected chi connectivity index (χ2v) is 26.2. The van der Waals surface area contributed by atoms with E-state index >= 15 is 0 Å². The number of nitrogens with two attached hydrogens (primary N) is 1. The van der Waals surface area contributed by atoms with Crippen molar-refractivity contribution in [2.24, 2.45) is 5.73 Å². The van der Waals surface area contributed by atoms with E-state index in [9.17, 15) is 0 Å². The molecule has 0 aromatic rings. The molecule has 0 fully saturated rings. The smallest absolute Gasteiger partial charge is 0.324 e. The zero-order valence-corrected chi connectivity index (χ0v) is 21.5. The molecule has 0 bridgehead atoms. The molecule has 3 N–H and O–H groups in total. The van der Waals surface area contributed by atoms with Gasteiger partial charge in [-0.3, -0.25) is 0 Å². The lowest BCUT2D eigenvalue weighted by Gasteiger charge is -2.38. The van der Waals surface area contributed by atoms with Crippen LogP contribution < -0.4 is 11.1 Å². The fourth-order valence-corrected chi connectivity index (χ4v) is 19.0. The molecule has 1 unspecified atom stereocenters. The molecule has 24 heavy (non-hydrogen) atoms. The zero-order chi connectivity index (χ0) is 19.1. The van der Waals surface area contributed by atoms with Crippen LogP contribution in [0, 0.1) is 0 Å². The fraction of sp³-hybridized carbons (Fsp3) is 1.00. The van der Waals surface area contributed by atoms with Gasteiger partial charge in [0.2, 0.25) is 0 Å². The first-order chi connectivity index (χ1) is 10.7. The Hall–Kier alpha value is 0.668. The largest absolute Gasteiger partial charge is 0.454 e. The normalized spacial score (nSPS) is 16.2. The van der Waals surface area contributed by atoms with Crippen LogP contribution in [0.3, 0.4) is 0 Å². The highest BCUT2D eigenvalue weighted by Crippen LogP contribution is 2.24. The summed E-state index contributed by atoms with van der Waals surface area (Å²) in [7, 11) is -7.14. The Morgan fingerprint density at radius 2 is 1.33 bits per heavy atom. The van der Waals surface area contributed by atoms with Gasteiger partial charge in [0.05, 0.1) is 6.23 Å². The van der Waals surface area contributed by atoms with Crippen LogP contribution >= 0.6 is 0 Å². The van der Waals surface area contributed by atoms with Crippen LogP contribution in [0.1, 0.15) is 6.42 Å². The molecule has 0 aromatic carbocycles. The molecular weight excluding hydrogens is 369 g/mol. The van der Waals surface area contributed by atoms with Crippen molar-refractivity contribution in [2.45, 2.75) is 71.4 Å². The molecule has 0 spiro atoms. The van der Waals surface area contributed by atoms with Gasteiger partial charge in [0.15, 0.2) is 25.0 Å². The number of rotatable bonds is 13. The summed E-state index contributed by atoms with van der Waals surface area (Å²) < 4.78 is 19.4. The minimum atomic E-state index is -2.17. The maximum absolute atomic E-state index is 6.54. The predicted octanol–water partition coefficient (Wildman–Crippen LogP) is 3.46. The fourth-order valence-electron chi connectivity index (χ4n) is 2.75.